The Kier molecular flexibility index (Phi) is 6.75. The predicted octanol–water partition coefficient (Wildman–Crippen LogP) is 5.34. The summed E-state index contributed by atoms with van der Waals surface area (Å²) in [5.74, 6) is -1.96. The fourth-order valence-electron chi connectivity index (χ4n) is 3.35. The van der Waals surface area contributed by atoms with Gasteiger partial charge in [0.25, 0.3) is 5.91 Å². The van der Waals surface area contributed by atoms with Crippen LogP contribution in [0.15, 0.2) is 42.6 Å². The zero-order valence-electron chi connectivity index (χ0n) is 19.3. The normalized spacial score (nSPS) is 13.0. The van der Waals surface area contributed by atoms with Crippen molar-refractivity contribution in [3.63, 3.8) is 0 Å². The standard InChI is InChI=1S/C24H25F4N3O3/c1-13-8-6-7-9-18(13)29-21(32)16-10-17(25)15(11-20(16)34-14(2)24(26,27)28)19-12-31(5)22(30-19)23(3,4)33/h6-12,14,33H,1-5H3,(H,29,32)/t14-/m0/s1. The third kappa shape index (κ3) is 5.39. The number of para-hydroxylation sites is 1. The topological polar surface area (TPSA) is 76.4 Å². The Morgan fingerprint density at radius 1 is 1.21 bits per heavy atom. The molecule has 1 amide bonds. The fraction of sp³-hybridized carbons (Fsp3) is 0.333. The van der Waals surface area contributed by atoms with E-state index in [-0.39, 0.29) is 17.1 Å². The summed E-state index contributed by atoms with van der Waals surface area (Å²) in [5, 5.41) is 12.8. The number of amides is 1. The number of anilines is 1. The summed E-state index contributed by atoms with van der Waals surface area (Å²) in [6.07, 6.45) is -5.54. The molecule has 1 heterocycles. The van der Waals surface area contributed by atoms with Gasteiger partial charge in [0.15, 0.2) is 6.10 Å². The Morgan fingerprint density at radius 3 is 2.41 bits per heavy atom. The number of hydrogen-bond acceptors (Lipinski definition) is 4. The third-order valence-electron chi connectivity index (χ3n) is 5.17. The third-order valence-corrected chi connectivity index (χ3v) is 5.17. The second-order valence-corrected chi connectivity index (χ2v) is 8.52. The number of aromatic nitrogens is 2. The molecule has 0 spiro atoms. The number of carbonyl (C=O) groups is 1. The van der Waals surface area contributed by atoms with Gasteiger partial charge >= 0.3 is 6.18 Å². The quantitative estimate of drug-likeness (QED) is 0.468. The molecule has 3 aromatic rings. The molecule has 2 aromatic carbocycles. The predicted molar refractivity (Wildman–Crippen MR) is 119 cm³/mol. The number of rotatable bonds is 6. The van der Waals surface area contributed by atoms with Crippen molar-refractivity contribution < 1.29 is 32.2 Å². The molecular weight excluding hydrogens is 454 g/mol. The molecule has 34 heavy (non-hydrogen) atoms. The van der Waals surface area contributed by atoms with Crippen LogP contribution in [-0.2, 0) is 12.6 Å². The molecule has 0 aliphatic rings. The molecule has 10 heteroatoms. The first-order chi connectivity index (χ1) is 15.7. The van der Waals surface area contributed by atoms with Crippen LogP contribution in [0.4, 0.5) is 23.2 Å². The van der Waals surface area contributed by atoms with Crippen LogP contribution in [0.25, 0.3) is 11.3 Å². The van der Waals surface area contributed by atoms with E-state index in [1.165, 1.54) is 24.6 Å². The Hall–Kier alpha value is -3.40. The Balaban J connectivity index is 2.10. The summed E-state index contributed by atoms with van der Waals surface area (Å²) in [6.45, 7) is 5.52. The lowest BCUT2D eigenvalue weighted by atomic mass is 10.1. The van der Waals surface area contributed by atoms with Crippen molar-refractivity contribution in [3.8, 4) is 17.0 Å². The summed E-state index contributed by atoms with van der Waals surface area (Å²) in [7, 11) is 1.59. The van der Waals surface area contributed by atoms with Crippen LogP contribution in [0, 0.1) is 12.7 Å². The maximum absolute atomic E-state index is 15.1. The van der Waals surface area contributed by atoms with Crippen LogP contribution in [0.2, 0.25) is 0 Å². The average Bonchev–Trinajstić information content (AvgIpc) is 3.11. The molecule has 0 aliphatic carbocycles. The minimum Gasteiger partial charge on any atom is -0.480 e. The van der Waals surface area contributed by atoms with Gasteiger partial charge in [0, 0.05) is 24.5 Å². The van der Waals surface area contributed by atoms with Gasteiger partial charge in [-0.05, 0) is 51.5 Å². The molecule has 0 fully saturated rings. The minimum absolute atomic E-state index is 0.0625. The highest BCUT2D eigenvalue weighted by Crippen LogP contribution is 2.34. The van der Waals surface area contributed by atoms with Gasteiger partial charge in [0.05, 0.1) is 11.3 Å². The second kappa shape index (κ2) is 9.09. The van der Waals surface area contributed by atoms with E-state index in [9.17, 15) is 23.1 Å². The van der Waals surface area contributed by atoms with E-state index in [0.717, 1.165) is 19.1 Å². The van der Waals surface area contributed by atoms with E-state index in [4.69, 9.17) is 4.74 Å². The Morgan fingerprint density at radius 2 is 1.85 bits per heavy atom. The first-order valence-corrected chi connectivity index (χ1v) is 10.4. The molecule has 0 unspecified atom stereocenters. The Labute approximate surface area is 194 Å². The van der Waals surface area contributed by atoms with Crippen molar-refractivity contribution >= 4 is 11.6 Å². The van der Waals surface area contributed by atoms with Gasteiger partial charge in [-0.1, -0.05) is 18.2 Å². The first kappa shape index (κ1) is 25.2. The number of imidazole rings is 1. The summed E-state index contributed by atoms with van der Waals surface area (Å²) in [6, 6.07) is 8.62. The van der Waals surface area contributed by atoms with Crippen LogP contribution in [0.1, 0.15) is 42.5 Å². The number of alkyl halides is 3. The number of aliphatic hydroxyl groups is 1. The number of halogens is 4. The largest absolute Gasteiger partial charge is 0.480 e. The molecule has 6 nitrogen and oxygen atoms in total. The second-order valence-electron chi connectivity index (χ2n) is 8.52. The van der Waals surface area contributed by atoms with Crippen LogP contribution in [0.5, 0.6) is 5.75 Å². The molecule has 1 aromatic heterocycles. The highest BCUT2D eigenvalue weighted by molar-refractivity contribution is 6.07. The molecule has 182 valence electrons. The van der Waals surface area contributed by atoms with Crippen molar-refractivity contribution in [2.75, 3.05) is 5.32 Å². The number of nitrogens with zero attached hydrogens (tertiary/aromatic N) is 2. The lowest BCUT2D eigenvalue weighted by Gasteiger charge is -2.20. The average molecular weight is 479 g/mol. The zero-order valence-corrected chi connectivity index (χ0v) is 19.3. The van der Waals surface area contributed by atoms with Gasteiger partial charge in [0.2, 0.25) is 0 Å². The van der Waals surface area contributed by atoms with Gasteiger partial charge in [-0.3, -0.25) is 4.79 Å². The molecular formula is C24H25F4N3O3. The van der Waals surface area contributed by atoms with Crippen molar-refractivity contribution in [1.82, 2.24) is 9.55 Å². The molecule has 0 bridgehead atoms. The minimum atomic E-state index is -4.71. The monoisotopic (exact) mass is 479 g/mol. The summed E-state index contributed by atoms with van der Waals surface area (Å²) in [4.78, 5) is 17.1. The van der Waals surface area contributed by atoms with Crippen molar-refractivity contribution in [3.05, 3.63) is 65.4 Å². The number of benzene rings is 2. The lowest BCUT2D eigenvalue weighted by Crippen LogP contribution is -2.32. The van der Waals surface area contributed by atoms with E-state index in [0.29, 0.717) is 11.3 Å². The van der Waals surface area contributed by atoms with Crippen molar-refractivity contribution in [1.29, 1.82) is 0 Å². The van der Waals surface area contributed by atoms with E-state index in [1.54, 1.807) is 38.2 Å². The van der Waals surface area contributed by atoms with Gasteiger partial charge in [-0.15, -0.1) is 0 Å². The van der Waals surface area contributed by atoms with Gasteiger partial charge < -0.3 is 19.7 Å². The highest BCUT2D eigenvalue weighted by Gasteiger charge is 2.39. The fourth-order valence-corrected chi connectivity index (χ4v) is 3.35. The Bertz CT molecular complexity index is 1210. The molecule has 0 saturated carbocycles. The van der Waals surface area contributed by atoms with Gasteiger partial charge in [-0.25, -0.2) is 9.37 Å². The number of carbonyl (C=O) groups excluding carboxylic acids is 1. The maximum Gasteiger partial charge on any atom is 0.425 e. The van der Waals surface area contributed by atoms with Crippen molar-refractivity contribution in [2.24, 2.45) is 7.05 Å². The lowest BCUT2D eigenvalue weighted by molar-refractivity contribution is -0.189. The smallest absolute Gasteiger partial charge is 0.425 e. The molecule has 0 saturated heterocycles. The van der Waals surface area contributed by atoms with E-state index in [1.807, 2.05) is 0 Å². The number of nitrogens with one attached hydrogen (secondary N) is 1. The molecule has 2 N–H and O–H groups in total. The van der Waals surface area contributed by atoms with E-state index < -0.39 is 40.9 Å². The summed E-state index contributed by atoms with van der Waals surface area (Å²) in [5.41, 5.74) is -0.728. The maximum atomic E-state index is 15.1. The summed E-state index contributed by atoms with van der Waals surface area (Å²) < 4.78 is 61.3. The van der Waals surface area contributed by atoms with Crippen LogP contribution < -0.4 is 10.1 Å². The van der Waals surface area contributed by atoms with Gasteiger partial charge in [0.1, 0.15) is 23.0 Å². The number of aryl methyl sites for hydroxylation is 2. The van der Waals surface area contributed by atoms with E-state index >= 15 is 4.39 Å². The van der Waals surface area contributed by atoms with Crippen LogP contribution >= 0.6 is 0 Å². The van der Waals surface area contributed by atoms with Crippen LogP contribution in [0.3, 0.4) is 0 Å². The molecule has 3 rings (SSSR count). The number of hydrogen-bond donors (Lipinski definition) is 2. The number of ether oxygens (including phenoxy) is 1. The zero-order chi connectivity index (χ0) is 25.4. The molecule has 1 atom stereocenters. The molecule has 0 radical (unpaired) electrons. The molecule has 0 aliphatic heterocycles. The van der Waals surface area contributed by atoms with Crippen molar-refractivity contribution in [2.45, 2.75) is 45.6 Å². The van der Waals surface area contributed by atoms with Gasteiger partial charge in [-0.2, -0.15) is 13.2 Å². The van der Waals surface area contributed by atoms with Crippen LogP contribution in [-0.4, -0.2) is 32.8 Å². The summed E-state index contributed by atoms with van der Waals surface area (Å²) >= 11 is 0. The highest BCUT2D eigenvalue weighted by atomic mass is 19.4. The SMILES string of the molecule is Cc1ccccc1NC(=O)c1cc(F)c(-c2cn(C)c(C(C)(C)O)n2)cc1O[C@@H](C)C(F)(F)F. The van der Waals surface area contributed by atoms with E-state index in [2.05, 4.69) is 10.3 Å². The first-order valence-electron chi connectivity index (χ1n) is 10.4.